The molecule has 0 bridgehead atoms. The smallest absolute Gasteiger partial charge is 0.251 e. The highest BCUT2D eigenvalue weighted by atomic mass is 16.5. The van der Waals surface area contributed by atoms with Gasteiger partial charge < -0.3 is 9.64 Å². The Labute approximate surface area is 126 Å². The molecule has 114 valence electrons. The predicted octanol–water partition coefficient (Wildman–Crippen LogP) is 1.90. The van der Waals surface area contributed by atoms with Gasteiger partial charge in [0.05, 0.1) is 5.60 Å². The van der Waals surface area contributed by atoms with Crippen molar-refractivity contribution < 1.29 is 9.53 Å². The molecule has 1 spiro atoms. The Kier molecular flexibility index (Phi) is 4.00. The number of likely N-dealkylation sites (tertiary alicyclic amines) is 1. The Hall–Kier alpha value is -1.39. The monoisotopic (exact) mass is 288 g/mol. The summed E-state index contributed by atoms with van der Waals surface area (Å²) >= 11 is 0. The van der Waals surface area contributed by atoms with Crippen molar-refractivity contribution in [1.82, 2.24) is 9.80 Å². The van der Waals surface area contributed by atoms with Crippen LogP contribution in [0.1, 0.15) is 25.3 Å². The van der Waals surface area contributed by atoms with E-state index in [0.29, 0.717) is 0 Å². The van der Waals surface area contributed by atoms with Gasteiger partial charge in [-0.25, -0.2) is 0 Å². The second-order valence-corrected chi connectivity index (χ2v) is 6.40. The molecule has 4 heteroatoms. The molecule has 0 aromatic heterocycles. The van der Waals surface area contributed by atoms with E-state index < -0.39 is 0 Å². The van der Waals surface area contributed by atoms with Crippen LogP contribution in [0, 0.1) is 0 Å². The lowest BCUT2D eigenvalue weighted by Gasteiger charge is -2.48. The normalized spacial score (nSPS) is 26.3. The maximum atomic E-state index is 11.8. The van der Waals surface area contributed by atoms with Crippen molar-refractivity contribution in [3.05, 3.63) is 35.9 Å². The molecule has 0 aliphatic carbocycles. The molecule has 1 unspecified atom stereocenters. The van der Waals surface area contributed by atoms with Crippen LogP contribution >= 0.6 is 0 Å². The maximum absolute atomic E-state index is 11.8. The number of piperidine rings is 1. The van der Waals surface area contributed by atoms with E-state index in [-0.39, 0.29) is 17.6 Å². The number of hydrogen-bond acceptors (Lipinski definition) is 3. The Balaban J connectivity index is 1.59. The van der Waals surface area contributed by atoms with Gasteiger partial charge in [-0.1, -0.05) is 30.3 Å². The first kappa shape index (κ1) is 14.5. The average Bonchev–Trinajstić information content (AvgIpc) is 2.49. The summed E-state index contributed by atoms with van der Waals surface area (Å²) in [4.78, 5) is 16.2. The molecule has 2 fully saturated rings. The number of likely N-dealkylation sites (N-methyl/N-ethyl adjacent to an activating group) is 1. The minimum atomic E-state index is -0.301. The second-order valence-electron chi connectivity index (χ2n) is 6.40. The first-order valence-corrected chi connectivity index (χ1v) is 7.77. The number of carbonyl (C=O) groups is 1. The van der Waals surface area contributed by atoms with E-state index in [1.54, 1.807) is 0 Å². The molecule has 0 saturated carbocycles. The molecule has 2 aliphatic rings. The largest absolute Gasteiger partial charge is 0.360 e. The number of carbonyl (C=O) groups excluding carboxylic acids is 1. The summed E-state index contributed by atoms with van der Waals surface area (Å²) in [5.74, 6) is 0.104. The molecule has 2 aliphatic heterocycles. The van der Waals surface area contributed by atoms with Crippen LogP contribution in [0.3, 0.4) is 0 Å². The number of ether oxygens (including phenoxy) is 1. The van der Waals surface area contributed by atoms with Gasteiger partial charge in [-0.15, -0.1) is 0 Å². The van der Waals surface area contributed by atoms with Crippen LogP contribution in [0.25, 0.3) is 0 Å². The first-order chi connectivity index (χ1) is 10.1. The van der Waals surface area contributed by atoms with Crippen LogP contribution in [0.5, 0.6) is 0 Å². The minimum Gasteiger partial charge on any atom is -0.360 e. The molecule has 21 heavy (non-hydrogen) atoms. The van der Waals surface area contributed by atoms with Crippen molar-refractivity contribution in [2.45, 2.75) is 38.0 Å². The van der Waals surface area contributed by atoms with E-state index in [2.05, 4.69) is 35.2 Å². The van der Waals surface area contributed by atoms with Gasteiger partial charge in [-0.05, 0) is 25.3 Å². The molecule has 1 aromatic carbocycles. The van der Waals surface area contributed by atoms with Gasteiger partial charge in [0.25, 0.3) is 5.91 Å². The van der Waals surface area contributed by atoms with Gasteiger partial charge in [-0.2, -0.15) is 0 Å². The fourth-order valence-corrected chi connectivity index (χ4v) is 3.52. The molecule has 1 aromatic rings. The topological polar surface area (TPSA) is 32.8 Å². The van der Waals surface area contributed by atoms with Gasteiger partial charge in [0.2, 0.25) is 0 Å². The second kappa shape index (κ2) is 5.78. The lowest BCUT2D eigenvalue weighted by Crippen LogP contribution is -2.60. The van der Waals surface area contributed by atoms with Gasteiger partial charge in [0, 0.05) is 33.2 Å². The van der Waals surface area contributed by atoms with E-state index >= 15 is 0 Å². The highest BCUT2D eigenvalue weighted by molar-refractivity contribution is 5.81. The summed E-state index contributed by atoms with van der Waals surface area (Å²) in [5.41, 5.74) is 1.23. The van der Waals surface area contributed by atoms with E-state index in [1.165, 1.54) is 5.56 Å². The first-order valence-electron chi connectivity index (χ1n) is 7.77. The third kappa shape index (κ3) is 3.11. The Bertz CT molecular complexity index is 479. The molecule has 0 radical (unpaired) electrons. The standard InChI is InChI=1S/C17H24N2O2/c1-14-16(20)18(2)13-17(21-14)8-10-19(11-9-17)12-15-6-4-3-5-7-15/h3-7,14H,8-13H2,1-2H3. The summed E-state index contributed by atoms with van der Waals surface area (Å²) in [7, 11) is 1.89. The fraction of sp³-hybridized carbons (Fsp3) is 0.588. The zero-order valence-corrected chi connectivity index (χ0v) is 12.9. The molecular formula is C17H24N2O2. The van der Waals surface area contributed by atoms with Gasteiger partial charge in [-0.3, -0.25) is 9.69 Å². The average molecular weight is 288 g/mol. The Morgan fingerprint density at radius 1 is 1.24 bits per heavy atom. The van der Waals surface area contributed by atoms with E-state index in [1.807, 2.05) is 18.9 Å². The Morgan fingerprint density at radius 3 is 2.52 bits per heavy atom. The van der Waals surface area contributed by atoms with Gasteiger partial charge in [0.1, 0.15) is 6.10 Å². The fourth-order valence-electron chi connectivity index (χ4n) is 3.52. The molecule has 2 saturated heterocycles. The third-order valence-corrected chi connectivity index (χ3v) is 4.69. The van der Waals surface area contributed by atoms with Crippen LogP contribution in [0.2, 0.25) is 0 Å². The lowest BCUT2D eigenvalue weighted by atomic mass is 9.88. The third-order valence-electron chi connectivity index (χ3n) is 4.69. The molecule has 4 nitrogen and oxygen atoms in total. The summed E-state index contributed by atoms with van der Waals surface area (Å²) in [6, 6.07) is 10.6. The molecule has 0 N–H and O–H groups in total. The lowest BCUT2D eigenvalue weighted by molar-refractivity contribution is -0.187. The van der Waals surface area contributed by atoms with Crippen molar-refractivity contribution in [2.24, 2.45) is 0 Å². The van der Waals surface area contributed by atoms with Gasteiger partial charge in [0.15, 0.2) is 0 Å². The number of amides is 1. The van der Waals surface area contributed by atoms with Crippen molar-refractivity contribution in [3.8, 4) is 0 Å². The van der Waals surface area contributed by atoms with Crippen LogP contribution in [-0.2, 0) is 16.1 Å². The summed E-state index contributed by atoms with van der Waals surface area (Å²) < 4.78 is 6.08. The van der Waals surface area contributed by atoms with Crippen LogP contribution in [0.15, 0.2) is 30.3 Å². The summed E-state index contributed by atoms with van der Waals surface area (Å²) in [5, 5.41) is 0. The highest BCUT2D eigenvalue weighted by Crippen LogP contribution is 2.32. The number of nitrogens with zero attached hydrogens (tertiary/aromatic N) is 2. The number of hydrogen-bond donors (Lipinski definition) is 0. The van der Waals surface area contributed by atoms with Crippen LogP contribution < -0.4 is 0 Å². The zero-order chi connectivity index (χ0) is 14.9. The van der Waals surface area contributed by atoms with E-state index in [0.717, 1.165) is 39.0 Å². The van der Waals surface area contributed by atoms with Crippen LogP contribution in [0.4, 0.5) is 0 Å². The number of rotatable bonds is 2. The van der Waals surface area contributed by atoms with Crippen molar-refractivity contribution >= 4 is 5.91 Å². The zero-order valence-electron chi connectivity index (χ0n) is 12.9. The quantitative estimate of drug-likeness (QED) is 0.833. The van der Waals surface area contributed by atoms with Crippen molar-refractivity contribution in [3.63, 3.8) is 0 Å². The molecular weight excluding hydrogens is 264 g/mol. The van der Waals surface area contributed by atoms with Crippen molar-refractivity contribution in [2.75, 3.05) is 26.7 Å². The maximum Gasteiger partial charge on any atom is 0.251 e. The highest BCUT2D eigenvalue weighted by Gasteiger charge is 2.44. The number of morpholine rings is 1. The predicted molar refractivity (Wildman–Crippen MR) is 81.9 cm³/mol. The minimum absolute atomic E-state index is 0.104. The Morgan fingerprint density at radius 2 is 1.90 bits per heavy atom. The van der Waals surface area contributed by atoms with E-state index in [9.17, 15) is 4.79 Å². The van der Waals surface area contributed by atoms with Crippen LogP contribution in [-0.4, -0.2) is 54.1 Å². The van der Waals surface area contributed by atoms with Crippen molar-refractivity contribution in [1.29, 1.82) is 0 Å². The molecule has 3 rings (SSSR count). The molecule has 2 heterocycles. The van der Waals surface area contributed by atoms with Gasteiger partial charge >= 0.3 is 0 Å². The summed E-state index contributed by atoms with van der Waals surface area (Å²) in [6.45, 7) is 5.67. The molecule has 1 amide bonds. The summed E-state index contributed by atoms with van der Waals surface area (Å²) in [6.07, 6.45) is 1.70. The SMILES string of the molecule is CC1OC2(CCN(Cc3ccccc3)CC2)CN(C)C1=O. The molecule has 1 atom stereocenters. The number of benzene rings is 1. The van der Waals surface area contributed by atoms with E-state index in [4.69, 9.17) is 4.74 Å².